The molecule has 1 N–H and O–H groups in total. The van der Waals surface area contributed by atoms with Gasteiger partial charge >= 0.3 is 0 Å². The van der Waals surface area contributed by atoms with Gasteiger partial charge in [0.2, 0.25) is 0 Å². The summed E-state index contributed by atoms with van der Waals surface area (Å²) in [5.74, 6) is 0. The van der Waals surface area contributed by atoms with Gasteiger partial charge in [-0.2, -0.15) is 0 Å². The number of benzene rings is 1. The van der Waals surface area contributed by atoms with Gasteiger partial charge in [-0.05, 0) is 37.1 Å². The first-order valence-electron chi connectivity index (χ1n) is 6.74. The number of hydrogen-bond acceptors (Lipinski definition) is 1. The van der Waals surface area contributed by atoms with Gasteiger partial charge in [0.05, 0.1) is 0 Å². The lowest BCUT2D eigenvalue weighted by molar-refractivity contribution is 0.467. The van der Waals surface area contributed by atoms with Crippen molar-refractivity contribution in [2.45, 2.75) is 52.0 Å². The molecule has 0 spiro atoms. The topological polar surface area (TPSA) is 12.0 Å². The molecule has 0 radical (unpaired) electrons. The molecule has 1 rings (SSSR count). The highest BCUT2D eigenvalue weighted by atomic mass is 35.5. The fourth-order valence-corrected chi connectivity index (χ4v) is 2.37. The van der Waals surface area contributed by atoms with Crippen molar-refractivity contribution in [2.75, 3.05) is 6.54 Å². The second kappa shape index (κ2) is 8.54. The predicted octanol–water partition coefficient (Wildman–Crippen LogP) is 4.44. The van der Waals surface area contributed by atoms with Crippen LogP contribution in [0.3, 0.4) is 0 Å². The number of unbranched alkanes of at least 4 members (excludes halogenated alkanes) is 2. The molecule has 0 aliphatic carbocycles. The highest BCUT2D eigenvalue weighted by Gasteiger charge is 2.08. The normalized spacial score (nSPS) is 12.6. The average Bonchev–Trinajstić information content (AvgIpc) is 2.29. The Balaban J connectivity index is 2.47. The minimum atomic E-state index is 0.588. The molecule has 1 aromatic rings. The van der Waals surface area contributed by atoms with Crippen LogP contribution in [-0.4, -0.2) is 12.6 Å². The summed E-state index contributed by atoms with van der Waals surface area (Å²) in [4.78, 5) is 0. The Labute approximate surface area is 111 Å². The second-order valence-electron chi connectivity index (χ2n) is 4.58. The smallest absolute Gasteiger partial charge is 0.0408 e. The lowest BCUT2D eigenvalue weighted by Gasteiger charge is -2.18. The lowest BCUT2D eigenvalue weighted by atomic mass is 10.0. The molecule has 96 valence electrons. The summed E-state index contributed by atoms with van der Waals surface area (Å²) in [5.41, 5.74) is 1.33. The summed E-state index contributed by atoms with van der Waals surface area (Å²) >= 11 is 6.01. The molecule has 0 aromatic heterocycles. The zero-order valence-corrected chi connectivity index (χ0v) is 11.8. The largest absolute Gasteiger partial charge is 0.314 e. The van der Waals surface area contributed by atoms with Gasteiger partial charge in [-0.1, -0.05) is 56.8 Å². The standard InChI is InChI=1S/C15H24ClN/c1-3-5-6-10-15(17-4-2)12-13-8-7-9-14(16)11-13/h7-9,11,15,17H,3-6,10,12H2,1-2H3. The van der Waals surface area contributed by atoms with E-state index in [4.69, 9.17) is 11.6 Å². The zero-order chi connectivity index (χ0) is 12.5. The summed E-state index contributed by atoms with van der Waals surface area (Å²) in [5, 5.41) is 4.41. The Kier molecular flexibility index (Phi) is 7.30. The van der Waals surface area contributed by atoms with Crippen molar-refractivity contribution >= 4 is 11.6 Å². The molecular formula is C15H24ClN. The Morgan fingerprint density at radius 3 is 2.71 bits per heavy atom. The first-order chi connectivity index (χ1) is 8.26. The molecule has 2 heteroatoms. The lowest BCUT2D eigenvalue weighted by Crippen LogP contribution is -2.30. The maximum Gasteiger partial charge on any atom is 0.0408 e. The monoisotopic (exact) mass is 253 g/mol. The predicted molar refractivity (Wildman–Crippen MR) is 76.8 cm³/mol. The molecule has 1 nitrogen and oxygen atoms in total. The molecule has 0 bridgehead atoms. The quantitative estimate of drug-likeness (QED) is 0.676. The van der Waals surface area contributed by atoms with Crippen LogP contribution in [0.1, 0.15) is 45.1 Å². The van der Waals surface area contributed by atoms with Crippen molar-refractivity contribution in [3.8, 4) is 0 Å². The van der Waals surface area contributed by atoms with E-state index in [2.05, 4.69) is 31.3 Å². The molecule has 0 aliphatic rings. The van der Waals surface area contributed by atoms with E-state index in [0.717, 1.165) is 18.0 Å². The molecule has 1 unspecified atom stereocenters. The number of halogens is 1. The van der Waals surface area contributed by atoms with E-state index < -0.39 is 0 Å². The summed E-state index contributed by atoms with van der Waals surface area (Å²) in [6.45, 7) is 5.46. The van der Waals surface area contributed by atoms with E-state index in [1.165, 1.54) is 31.2 Å². The minimum Gasteiger partial charge on any atom is -0.314 e. The van der Waals surface area contributed by atoms with Crippen molar-refractivity contribution < 1.29 is 0 Å². The summed E-state index contributed by atoms with van der Waals surface area (Å²) in [7, 11) is 0. The van der Waals surface area contributed by atoms with Gasteiger partial charge in [-0.25, -0.2) is 0 Å². The molecule has 1 aromatic carbocycles. The first kappa shape index (κ1) is 14.5. The van der Waals surface area contributed by atoms with E-state index >= 15 is 0 Å². The van der Waals surface area contributed by atoms with Crippen LogP contribution < -0.4 is 5.32 Å². The van der Waals surface area contributed by atoms with Crippen LogP contribution in [0.15, 0.2) is 24.3 Å². The number of hydrogen-bond donors (Lipinski definition) is 1. The van der Waals surface area contributed by atoms with Crippen LogP contribution in [-0.2, 0) is 6.42 Å². The highest BCUT2D eigenvalue weighted by Crippen LogP contribution is 2.14. The molecule has 0 saturated heterocycles. The molecule has 1 atom stereocenters. The third kappa shape index (κ3) is 6.09. The number of rotatable bonds is 8. The number of nitrogens with one attached hydrogen (secondary N) is 1. The highest BCUT2D eigenvalue weighted by molar-refractivity contribution is 6.30. The van der Waals surface area contributed by atoms with Crippen LogP contribution in [0.2, 0.25) is 5.02 Å². The molecule has 0 heterocycles. The van der Waals surface area contributed by atoms with E-state index in [1.54, 1.807) is 0 Å². The van der Waals surface area contributed by atoms with Crippen LogP contribution in [0.25, 0.3) is 0 Å². The van der Waals surface area contributed by atoms with E-state index in [1.807, 2.05) is 12.1 Å². The fourth-order valence-electron chi connectivity index (χ4n) is 2.15. The third-order valence-corrected chi connectivity index (χ3v) is 3.26. The molecular weight excluding hydrogens is 230 g/mol. The van der Waals surface area contributed by atoms with Gasteiger partial charge in [0.25, 0.3) is 0 Å². The first-order valence-corrected chi connectivity index (χ1v) is 7.11. The van der Waals surface area contributed by atoms with E-state index in [-0.39, 0.29) is 0 Å². The third-order valence-electron chi connectivity index (χ3n) is 3.02. The SMILES string of the molecule is CCCCCC(Cc1cccc(Cl)c1)NCC. The van der Waals surface area contributed by atoms with Crippen LogP contribution >= 0.6 is 11.6 Å². The second-order valence-corrected chi connectivity index (χ2v) is 5.02. The maximum absolute atomic E-state index is 6.01. The summed E-state index contributed by atoms with van der Waals surface area (Å²) < 4.78 is 0. The summed E-state index contributed by atoms with van der Waals surface area (Å²) in [6, 6.07) is 8.80. The molecule has 0 aliphatic heterocycles. The zero-order valence-electron chi connectivity index (χ0n) is 11.0. The van der Waals surface area contributed by atoms with Crippen molar-refractivity contribution in [3.05, 3.63) is 34.9 Å². The van der Waals surface area contributed by atoms with Gasteiger partial charge < -0.3 is 5.32 Å². The van der Waals surface area contributed by atoms with Gasteiger partial charge in [0.15, 0.2) is 0 Å². The molecule has 0 fully saturated rings. The Morgan fingerprint density at radius 1 is 1.24 bits per heavy atom. The molecule has 17 heavy (non-hydrogen) atoms. The van der Waals surface area contributed by atoms with Gasteiger partial charge in [0.1, 0.15) is 0 Å². The van der Waals surface area contributed by atoms with Gasteiger partial charge in [-0.3, -0.25) is 0 Å². The Bertz CT molecular complexity index is 312. The minimum absolute atomic E-state index is 0.588. The van der Waals surface area contributed by atoms with Crippen LogP contribution in [0.5, 0.6) is 0 Å². The van der Waals surface area contributed by atoms with Crippen molar-refractivity contribution in [3.63, 3.8) is 0 Å². The van der Waals surface area contributed by atoms with Gasteiger partial charge in [0, 0.05) is 11.1 Å². The number of likely N-dealkylation sites (N-methyl/N-ethyl adjacent to an activating group) is 1. The fraction of sp³-hybridized carbons (Fsp3) is 0.600. The van der Waals surface area contributed by atoms with Crippen molar-refractivity contribution in [1.29, 1.82) is 0 Å². The van der Waals surface area contributed by atoms with Crippen molar-refractivity contribution in [2.24, 2.45) is 0 Å². The Morgan fingerprint density at radius 2 is 2.06 bits per heavy atom. The van der Waals surface area contributed by atoms with E-state index in [9.17, 15) is 0 Å². The molecule has 0 amide bonds. The van der Waals surface area contributed by atoms with Crippen molar-refractivity contribution in [1.82, 2.24) is 5.32 Å². The average molecular weight is 254 g/mol. The summed E-state index contributed by atoms with van der Waals surface area (Å²) in [6.07, 6.45) is 6.27. The van der Waals surface area contributed by atoms with Crippen LogP contribution in [0.4, 0.5) is 0 Å². The van der Waals surface area contributed by atoms with Gasteiger partial charge in [-0.15, -0.1) is 0 Å². The van der Waals surface area contributed by atoms with Crippen LogP contribution in [0, 0.1) is 0 Å². The maximum atomic E-state index is 6.01. The van der Waals surface area contributed by atoms with E-state index in [0.29, 0.717) is 6.04 Å². The molecule has 0 saturated carbocycles. The Hall–Kier alpha value is -0.530.